The minimum Gasteiger partial charge on any atom is -0.480 e. The van der Waals surface area contributed by atoms with E-state index in [1.807, 2.05) is 0 Å². The maximum Gasteiger partial charge on any atom is 0.324 e. The summed E-state index contributed by atoms with van der Waals surface area (Å²) in [5.74, 6) is -11.5. The topological polar surface area (TPSA) is 37.3 Å². The Kier molecular flexibility index (Phi) is 2.89. The zero-order valence-electron chi connectivity index (χ0n) is 7.61. The van der Waals surface area contributed by atoms with Crippen molar-refractivity contribution in [2.75, 3.05) is 0 Å². The third kappa shape index (κ3) is 1.27. The van der Waals surface area contributed by atoms with Crippen LogP contribution in [0.1, 0.15) is 0 Å². The lowest BCUT2D eigenvalue weighted by Gasteiger charge is -2.29. The molecule has 0 saturated heterocycles. The molecule has 1 aliphatic carbocycles. The number of alkyl halides is 1. The van der Waals surface area contributed by atoms with E-state index in [0.29, 0.717) is 0 Å². The summed E-state index contributed by atoms with van der Waals surface area (Å²) in [4.78, 5) is 10.7. The number of allylic oxidation sites excluding steroid dienone is 3. The molecule has 1 rings (SSSR count). The number of halogens is 5. The quantitative estimate of drug-likeness (QED) is 0.595. The first kappa shape index (κ1) is 12.4. The number of aliphatic carboxylic acids is 1. The Morgan fingerprint density at radius 3 is 2.19 bits per heavy atom. The smallest absolute Gasteiger partial charge is 0.324 e. The van der Waals surface area contributed by atoms with Crippen molar-refractivity contribution in [2.45, 2.75) is 6.17 Å². The molecule has 0 radical (unpaired) electrons. The van der Waals surface area contributed by atoms with Crippen LogP contribution in [0.4, 0.5) is 22.0 Å². The lowest BCUT2D eigenvalue weighted by Crippen LogP contribution is -2.42. The average Bonchev–Trinajstić information content (AvgIpc) is 2.25. The molecule has 2 nitrogen and oxygen atoms in total. The van der Waals surface area contributed by atoms with Gasteiger partial charge in [0.05, 0.1) is 0 Å². The van der Waals surface area contributed by atoms with Crippen molar-refractivity contribution >= 4 is 5.97 Å². The van der Waals surface area contributed by atoms with Crippen LogP contribution >= 0.6 is 0 Å². The van der Waals surface area contributed by atoms with Gasteiger partial charge >= 0.3 is 5.97 Å². The Hall–Kier alpha value is -1.66. The van der Waals surface area contributed by atoms with Crippen molar-refractivity contribution in [3.63, 3.8) is 0 Å². The normalized spacial score (nSPS) is 30.7. The molecule has 0 fully saturated rings. The van der Waals surface area contributed by atoms with Gasteiger partial charge < -0.3 is 5.11 Å². The second-order valence-corrected chi connectivity index (χ2v) is 3.03. The van der Waals surface area contributed by atoms with Crippen LogP contribution in [0, 0.1) is 5.41 Å². The Balaban J connectivity index is 3.57. The molecule has 2 atom stereocenters. The highest BCUT2D eigenvalue weighted by molar-refractivity contribution is 5.83. The number of carboxylic acids is 1. The lowest BCUT2D eigenvalue weighted by atomic mass is 9.78. The summed E-state index contributed by atoms with van der Waals surface area (Å²) in [6.07, 6.45) is -3.01. The van der Waals surface area contributed by atoms with Gasteiger partial charge in [0.1, 0.15) is 0 Å². The summed E-state index contributed by atoms with van der Waals surface area (Å²) < 4.78 is 64.6. The fourth-order valence-corrected chi connectivity index (χ4v) is 1.29. The summed E-state index contributed by atoms with van der Waals surface area (Å²) in [6, 6.07) is 0. The van der Waals surface area contributed by atoms with E-state index in [1.54, 1.807) is 0 Å². The van der Waals surface area contributed by atoms with Crippen LogP contribution in [0.5, 0.6) is 0 Å². The van der Waals surface area contributed by atoms with E-state index < -0.39 is 40.9 Å². The van der Waals surface area contributed by atoms with Gasteiger partial charge in [-0.2, -0.15) is 0 Å². The highest BCUT2D eigenvalue weighted by Gasteiger charge is 2.56. The number of hydrogen-bond donors (Lipinski definition) is 1. The van der Waals surface area contributed by atoms with E-state index in [1.165, 1.54) is 0 Å². The fourth-order valence-electron chi connectivity index (χ4n) is 1.29. The fraction of sp³-hybridized carbons (Fsp3) is 0.222. The van der Waals surface area contributed by atoms with Gasteiger partial charge in [-0.25, -0.2) is 22.0 Å². The van der Waals surface area contributed by atoms with Crippen LogP contribution in [-0.4, -0.2) is 17.2 Å². The molecule has 0 heterocycles. The van der Waals surface area contributed by atoms with E-state index in [4.69, 9.17) is 5.11 Å². The predicted molar refractivity (Wildman–Crippen MR) is 43.6 cm³/mol. The third-order valence-electron chi connectivity index (χ3n) is 2.26. The molecule has 1 N–H and O–H groups in total. The van der Waals surface area contributed by atoms with Crippen molar-refractivity contribution in [2.24, 2.45) is 5.41 Å². The SMILES string of the molecule is C=CC1(C(=O)O)C(F)=C(F)C(F)=C(F)C1F. The van der Waals surface area contributed by atoms with Crippen molar-refractivity contribution < 1.29 is 31.9 Å². The van der Waals surface area contributed by atoms with Gasteiger partial charge in [0.15, 0.2) is 34.9 Å². The lowest BCUT2D eigenvalue weighted by molar-refractivity contribution is -0.148. The number of rotatable bonds is 2. The molecule has 0 aromatic heterocycles. The molecule has 16 heavy (non-hydrogen) atoms. The number of carboxylic acid groups (broad SMARTS) is 1. The van der Waals surface area contributed by atoms with E-state index in [2.05, 4.69) is 6.58 Å². The molecule has 88 valence electrons. The van der Waals surface area contributed by atoms with Gasteiger partial charge in [0.2, 0.25) is 0 Å². The number of carbonyl (C=O) groups is 1. The predicted octanol–water partition coefficient (Wildman–Crippen LogP) is 2.90. The maximum absolute atomic E-state index is 13.3. The van der Waals surface area contributed by atoms with Gasteiger partial charge in [-0.3, -0.25) is 4.79 Å². The Morgan fingerprint density at radius 1 is 1.31 bits per heavy atom. The molecule has 0 spiro atoms. The highest BCUT2D eigenvalue weighted by Crippen LogP contribution is 2.48. The first-order valence-electron chi connectivity index (χ1n) is 3.93. The van der Waals surface area contributed by atoms with Crippen molar-refractivity contribution in [1.29, 1.82) is 0 Å². The zero-order chi connectivity index (χ0) is 12.7. The molecule has 0 aromatic rings. The second kappa shape index (κ2) is 3.73. The molecular weight excluding hydrogens is 235 g/mol. The first-order chi connectivity index (χ1) is 7.30. The van der Waals surface area contributed by atoms with Crippen molar-refractivity contribution in [3.05, 3.63) is 36.0 Å². The molecule has 0 amide bonds. The monoisotopic (exact) mass is 240 g/mol. The standard InChI is InChI=1S/C9H5F5O2/c1-2-9(8(15)16)6(13)4(11)3(10)5(12)7(9)14/h2,6H,1H2,(H,15,16). The largest absolute Gasteiger partial charge is 0.480 e. The molecule has 0 aromatic carbocycles. The third-order valence-corrected chi connectivity index (χ3v) is 2.26. The molecule has 7 heteroatoms. The van der Waals surface area contributed by atoms with Crippen LogP contribution in [0.15, 0.2) is 36.0 Å². The van der Waals surface area contributed by atoms with Gasteiger partial charge in [0, 0.05) is 0 Å². The molecule has 0 bridgehead atoms. The van der Waals surface area contributed by atoms with Gasteiger partial charge in [0.25, 0.3) is 0 Å². The molecule has 2 unspecified atom stereocenters. The maximum atomic E-state index is 13.3. The highest BCUT2D eigenvalue weighted by atomic mass is 19.2. The van der Waals surface area contributed by atoms with Crippen molar-refractivity contribution in [3.8, 4) is 0 Å². The Bertz CT molecular complexity index is 426. The van der Waals surface area contributed by atoms with Crippen LogP contribution in [0.3, 0.4) is 0 Å². The summed E-state index contributed by atoms with van der Waals surface area (Å²) >= 11 is 0. The van der Waals surface area contributed by atoms with E-state index in [-0.39, 0.29) is 6.08 Å². The summed E-state index contributed by atoms with van der Waals surface area (Å²) in [6.45, 7) is 2.80. The second-order valence-electron chi connectivity index (χ2n) is 3.03. The van der Waals surface area contributed by atoms with Crippen LogP contribution in [0.2, 0.25) is 0 Å². The van der Waals surface area contributed by atoms with Crippen LogP contribution < -0.4 is 0 Å². The molecule has 0 saturated carbocycles. The van der Waals surface area contributed by atoms with Crippen LogP contribution in [-0.2, 0) is 4.79 Å². The summed E-state index contributed by atoms with van der Waals surface area (Å²) in [7, 11) is 0. The Labute approximate surface area is 86.4 Å². The minimum atomic E-state index is -3.26. The van der Waals surface area contributed by atoms with E-state index in [0.717, 1.165) is 0 Å². The summed E-state index contributed by atoms with van der Waals surface area (Å²) in [5, 5.41) is 8.59. The van der Waals surface area contributed by atoms with Crippen molar-refractivity contribution in [1.82, 2.24) is 0 Å². The zero-order valence-corrected chi connectivity index (χ0v) is 7.61. The Morgan fingerprint density at radius 2 is 1.81 bits per heavy atom. The summed E-state index contributed by atoms with van der Waals surface area (Å²) in [5.41, 5.74) is -3.26. The van der Waals surface area contributed by atoms with Gasteiger partial charge in [-0.1, -0.05) is 6.08 Å². The van der Waals surface area contributed by atoms with Gasteiger partial charge in [-0.05, 0) is 0 Å². The average molecular weight is 240 g/mol. The van der Waals surface area contributed by atoms with Gasteiger partial charge in [-0.15, -0.1) is 6.58 Å². The molecule has 0 aliphatic heterocycles. The van der Waals surface area contributed by atoms with E-state index >= 15 is 0 Å². The minimum absolute atomic E-state index is 0.181. The molecule has 1 aliphatic rings. The number of hydrogen-bond acceptors (Lipinski definition) is 1. The van der Waals surface area contributed by atoms with E-state index in [9.17, 15) is 26.7 Å². The first-order valence-corrected chi connectivity index (χ1v) is 3.93. The van der Waals surface area contributed by atoms with Crippen LogP contribution in [0.25, 0.3) is 0 Å². The molecular formula is C9H5F5O2.